The van der Waals surface area contributed by atoms with Crippen LogP contribution >= 0.6 is 12.2 Å². The third-order valence-corrected chi connectivity index (χ3v) is 2.87. The molecular formula is C14H15N3S. The van der Waals surface area contributed by atoms with Crippen LogP contribution < -0.4 is 11.1 Å². The fourth-order valence-corrected chi connectivity index (χ4v) is 1.71. The molecule has 0 atom stereocenters. The van der Waals surface area contributed by atoms with Crippen molar-refractivity contribution in [3.05, 3.63) is 59.3 Å². The number of hydrogen-bond donors (Lipinski definition) is 2. The first-order valence-corrected chi connectivity index (χ1v) is 6.11. The molecule has 0 aliphatic carbocycles. The summed E-state index contributed by atoms with van der Waals surface area (Å²) < 4.78 is 0. The summed E-state index contributed by atoms with van der Waals surface area (Å²) in [6.07, 6.45) is 1.70. The van der Waals surface area contributed by atoms with Gasteiger partial charge in [-0.15, -0.1) is 0 Å². The Morgan fingerprint density at radius 2 is 2.00 bits per heavy atom. The van der Waals surface area contributed by atoms with Crippen molar-refractivity contribution in [3.8, 4) is 0 Å². The van der Waals surface area contributed by atoms with Gasteiger partial charge in [0.1, 0.15) is 10.8 Å². The molecule has 0 fully saturated rings. The van der Waals surface area contributed by atoms with Crippen molar-refractivity contribution >= 4 is 23.0 Å². The number of nitrogens with one attached hydrogen (secondary N) is 1. The second-order valence-corrected chi connectivity index (χ2v) is 4.57. The molecule has 18 heavy (non-hydrogen) atoms. The summed E-state index contributed by atoms with van der Waals surface area (Å²) in [5.74, 6) is 0.779. The van der Waals surface area contributed by atoms with Gasteiger partial charge in [0.05, 0.1) is 0 Å². The van der Waals surface area contributed by atoms with E-state index in [0.29, 0.717) is 4.99 Å². The van der Waals surface area contributed by atoms with Crippen molar-refractivity contribution in [2.24, 2.45) is 5.73 Å². The van der Waals surface area contributed by atoms with Crippen molar-refractivity contribution in [2.75, 3.05) is 5.32 Å². The van der Waals surface area contributed by atoms with Crippen molar-refractivity contribution < 1.29 is 0 Å². The first kappa shape index (κ1) is 12.5. The largest absolute Gasteiger partial charge is 0.389 e. The van der Waals surface area contributed by atoms with Crippen LogP contribution in [-0.2, 0) is 6.54 Å². The molecule has 0 aliphatic heterocycles. The van der Waals surface area contributed by atoms with Crippen molar-refractivity contribution in [2.45, 2.75) is 13.5 Å². The third kappa shape index (κ3) is 3.28. The van der Waals surface area contributed by atoms with Crippen LogP contribution in [0, 0.1) is 6.92 Å². The molecule has 3 nitrogen and oxygen atoms in total. The van der Waals surface area contributed by atoms with Gasteiger partial charge in [-0.1, -0.05) is 42.0 Å². The van der Waals surface area contributed by atoms with Crippen LogP contribution in [0.1, 0.15) is 16.7 Å². The summed E-state index contributed by atoms with van der Waals surface area (Å²) in [6, 6.07) is 12.0. The lowest BCUT2D eigenvalue weighted by Gasteiger charge is -2.07. The number of rotatable bonds is 4. The number of nitrogens with zero attached hydrogens (tertiary/aromatic N) is 1. The molecule has 92 valence electrons. The summed E-state index contributed by atoms with van der Waals surface area (Å²) in [5.41, 5.74) is 8.88. The number of anilines is 1. The standard InChI is InChI=1S/C14H15N3S/c1-10-2-4-11(5-3-10)9-17-13-8-12(14(15)18)6-7-16-13/h2-8H,9H2,1H3,(H2,15,18)(H,16,17). The van der Waals surface area contributed by atoms with Gasteiger partial charge in [0.2, 0.25) is 0 Å². The molecule has 4 heteroatoms. The highest BCUT2D eigenvalue weighted by Crippen LogP contribution is 2.09. The van der Waals surface area contributed by atoms with Crippen LogP contribution in [0.5, 0.6) is 0 Å². The Morgan fingerprint density at radius 3 is 2.67 bits per heavy atom. The summed E-state index contributed by atoms with van der Waals surface area (Å²) in [7, 11) is 0. The quantitative estimate of drug-likeness (QED) is 0.827. The topological polar surface area (TPSA) is 50.9 Å². The van der Waals surface area contributed by atoms with Crippen LogP contribution in [0.4, 0.5) is 5.82 Å². The maximum Gasteiger partial charge on any atom is 0.126 e. The van der Waals surface area contributed by atoms with E-state index in [2.05, 4.69) is 41.5 Å². The maximum atomic E-state index is 5.58. The van der Waals surface area contributed by atoms with Crippen molar-refractivity contribution in [3.63, 3.8) is 0 Å². The van der Waals surface area contributed by atoms with Gasteiger partial charge in [-0.05, 0) is 24.6 Å². The highest BCUT2D eigenvalue weighted by Gasteiger charge is 1.99. The highest BCUT2D eigenvalue weighted by atomic mass is 32.1. The number of thiocarbonyl (C=S) groups is 1. The minimum Gasteiger partial charge on any atom is -0.389 e. The van der Waals surface area contributed by atoms with Crippen LogP contribution in [0.15, 0.2) is 42.6 Å². The lowest BCUT2D eigenvalue weighted by Crippen LogP contribution is -2.10. The molecule has 1 heterocycles. The van der Waals surface area contributed by atoms with Crippen LogP contribution in [-0.4, -0.2) is 9.97 Å². The zero-order valence-corrected chi connectivity index (χ0v) is 11.0. The first-order chi connectivity index (χ1) is 8.65. The summed E-state index contributed by atoms with van der Waals surface area (Å²) in [5, 5.41) is 3.25. The molecule has 2 rings (SSSR count). The van der Waals surface area contributed by atoms with Gasteiger partial charge >= 0.3 is 0 Å². The normalized spacial score (nSPS) is 10.1. The van der Waals surface area contributed by atoms with Crippen LogP contribution in [0.2, 0.25) is 0 Å². The molecule has 3 N–H and O–H groups in total. The van der Waals surface area contributed by atoms with Crippen LogP contribution in [0.25, 0.3) is 0 Å². The molecule has 1 aromatic carbocycles. The highest BCUT2D eigenvalue weighted by molar-refractivity contribution is 7.80. The van der Waals surface area contributed by atoms with E-state index in [1.807, 2.05) is 6.07 Å². The molecule has 0 radical (unpaired) electrons. The van der Waals surface area contributed by atoms with Crippen molar-refractivity contribution in [1.29, 1.82) is 0 Å². The summed E-state index contributed by atoms with van der Waals surface area (Å²) in [6.45, 7) is 2.80. The third-order valence-electron chi connectivity index (χ3n) is 2.64. The van der Waals surface area contributed by atoms with Gasteiger partial charge < -0.3 is 11.1 Å². The Balaban J connectivity index is 2.04. The SMILES string of the molecule is Cc1ccc(CNc2cc(C(N)=S)ccn2)cc1. The van der Waals surface area contributed by atoms with E-state index in [1.54, 1.807) is 12.3 Å². The second-order valence-electron chi connectivity index (χ2n) is 4.13. The van der Waals surface area contributed by atoms with Gasteiger partial charge in [-0.2, -0.15) is 0 Å². The van der Waals surface area contributed by atoms with Gasteiger partial charge in [0, 0.05) is 18.3 Å². The smallest absolute Gasteiger partial charge is 0.126 e. The maximum absolute atomic E-state index is 5.58. The lowest BCUT2D eigenvalue weighted by molar-refractivity contribution is 1.11. The fourth-order valence-electron chi connectivity index (χ4n) is 1.58. The first-order valence-electron chi connectivity index (χ1n) is 5.70. The summed E-state index contributed by atoms with van der Waals surface area (Å²) in [4.78, 5) is 4.61. The Bertz CT molecular complexity index is 549. The van der Waals surface area contributed by atoms with E-state index in [1.165, 1.54) is 11.1 Å². The average Bonchev–Trinajstić information content (AvgIpc) is 2.38. The number of nitrogens with two attached hydrogens (primary N) is 1. The van der Waals surface area contributed by atoms with Gasteiger partial charge in [0.25, 0.3) is 0 Å². The molecule has 0 amide bonds. The Kier molecular flexibility index (Phi) is 3.89. The molecule has 1 aromatic heterocycles. The Morgan fingerprint density at radius 1 is 1.28 bits per heavy atom. The molecule has 2 aromatic rings. The molecule has 0 saturated heterocycles. The van der Waals surface area contributed by atoms with Gasteiger partial charge in [0.15, 0.2) is 0 Å². The Labute approximate surface area is 112 Å². The zero-order chi connectivity index (χ0) is 13.0. The number of pyridine rings is 1. The van der Waals surface area contributed by atoms with E-state index < -0.39 is 0 Å². The molecule has 0 spiro atoms. The van der Waals surface area contributed by atoms with Crippen molar-refractivity contribution in [1.82, 2.24) is 4.98 Å². The summed E-state index contributed by atoms with van der Waals surface area (Å²) >= 11 is 4.94. The predicted octanol–water partition coefficient (Wildman–Crippen LogP) is 2.64. The van der Waals surface area contributed by atoms with E-state index in [9.17, 15) is 0 Å². The van der Waals surface area contributed by atoms with E-state index in [0.717, 1.165) is 17.9 Å². The molecule has 0 aliphatic rings. The second kappa shape index (κ2) is 5.60. The minimum atomic E-state index is 0.385. The molecule has 0 unspecified atom stereocenters. The predicted molar refractivity (Wildman–Crippen MR) is 78.6 cm³/mol. The zero-order valence-electron chi connectivity index (χ0n) is 10.2. The monoisotopic (exact) mass is 257 g/mol. The average molecular weight is 257 g/mol. The van der Waals surface area contributed by atoms with Gasteiger partial charge in [-0.3, -0.25) is 0 Å². The molecule has 0 bridgehead atoms. The fraction of sp³-hybridized carbons (Fsp3) is 0.143. The molecular weight excluding hydrogens is 242 g/mol. The number of benzene rings is 1. The van der Waals surface area contributed by atoms with Crippen LogP contribution in [0.3, 0.4) is 0 Å². The molecule has 0 saturated carbocycles. The number of aromatic nitrogens is 1. The van der Waals surface area contributed by atoms with E-state index in [4.69, 9.17) is 18.0 Å². The lowest BCUT2D eigenvalue weighted by atomic mass is 10.1. The minimum absolute atomic E-state index is 0.385. The Hall–Kier alpha value is -1.94. The van der Waals surface area contributed by atoms with E-state index in [-0.39, 0.29) is 0 Å². The number of aryl methyl sites for hydroxylation is 1. The van der Waals surface area contributed by atoms with E-state index >= 15 is 0 Å². The van der Waals surface area contributed by atoms with Gasteiger partial charge in [-0.25, -0.2) is 4.98 Å². The number of hydrogen-bond acceptors (Lipinski definition) is 3.